The van der Waals surface area contributed by atoms with E-state index in [1.54, 1.807) is 35.8 Å². The van der Waals surface area contributed by atoms with Crippen molar-refractivity contribution in [1.82, 2.24) is 9.55 Å². The first kappa shape index (κ1) is 14.6. The summed E-state index contributed by atoms with van der Waals surface area (Å²) >= 11 is 18.3. The van der Waals surface area contributed by atoms with Crippen molar-refractivity contribution in [2.75, 3.05) is 0 Å². The molecule has 3 aromatic rings. The van der Waals surface area contributed by atoms with Crippen LogP contribution in [0.1, 0.15) is 18.1 Å². The SMILES string of the molecule is CC(Cl)c1nc2cccc(Cl)c2n1-c1ccc(Cl)cc1F. The maximum absolute atomic E-state index is 14.3. The summed E-state index contributed by atoms with van der Waals surface area (Å²) in [5.41, 5.74) is 1.61. The molecule has 2 nitrogen and oxygen atoms in total. The zero-order chi connectivity index (χ0) is 15.1. The minimum Gasteiger partial charge on any atom is -0.291 e. The molecule has 1 unspecified atom stereocenters. The summed E-state index contributed by atoms with van der Waals surface area (Å²) in [7, 11) is 0. The van der Waals surface area contributed by atoms with E-state index in [-0.39, 0.29) is 0 Å². The lowest BCUT2D eigenvalue weighted by Gasteiger charge is -2.12. The van der Waals surface area contributed by atoms with Crippen LogP contribution < -0.4 is 0 Å². The molecular weight excluding hydrogens is 334 g/mol. The third-order valence-electron chi connectivity index (χ3n) is 3.16. The van der Waals surface area contributed by atoms with Gasteiger partial charge in [0.15, 0.2) is 0 Å². The first-order chi connectivity index (χ1) is 9.99. The Kier molecular flexibility index (Phi) is 3.82. The smallest absolute Gasteiger partial charge is 0.148 e. The first-order valence-electron chi connectivity index (χ1n) is 6.25. The Balaban J connectivity index is 2.41. The van der Waals surface area contributed by atoms with Crippen molar-refractivity contribution in [3.8, 4) is 5.69 Å². The molecule has 0 N–H and O–H groups in total. The second-order valence-corrected chi connectivity index (χ2v) is 6.12. The van der Waals surface area contributed by atoms with Crippen LogP contribution in [0.5, 0.6) is 0 Å². The molecule has 21 heavy (non-hydrogen) atoms. The number of para-hydroxylation sites is 1. The summed E-state index contributed by atoms with van der Waals surface area (Å²) in [6, 6.07) is 9.80. The van der Waals surface area contributed by atoms with E-state index >= 15 is 0 Å². The number of benzene rings is 2. The Morgan fingerprint density at radius 1 is 1.19 bits per heavy atom. The minimum atomic E-state index is -0.458. The molecule has 3 rings (SSSR count). The molecule has 0 spiro atoms. The van der Waals surface area contributed by atoms with Crippen LogP contribution in [0.3, 0.4) is 0 Å². The molecule has 0 aliphatic rings. The Hall–Kier alpha value is -1.29. The van der Waals surface area contributed by atoms with Gasteiger partial charge in [-0.3, -0.25) is 4.57 Å². The lowest BCUT2D eigenvalue weighted by molar-refractivity contribution is 0.616. The summed E-state index contributed by atoms with van der Waals surface area (Å²) in [5, 5.41) is 0.411. The number of hydrogen-bond acceptors (Lipinski definition) is 1. The highest BCUT2D eigenvalue weighted by Gasteiger charge is 2.20. The second kappa shape index (κ2) is 5.48. The van der Waals surface area contributed by atoms with E-state index in [0.29, 0.717) is 32.6 Å². The number of fused-ring (bicyclic) bond motifs is 1. The number of alkyl halides is 1. The van der Waals surface area contributed by atoms with Gasteiger partial charge in [0.05, 0.1) is 27.1 Å². The average molecular weight is 344 g/mol. The molecule has 0 bridgehead atoms. The van der Waals surface area contributed by atoms with E-state index in [4.69, 9.17) is 34.8 Å². The fraction of sp³-hybridized carbons (Fsp3) is 0.133. The number of imidazole rings is 1. The predicted molar refractivity (Wildman–Crippen MR) is 85.3 cm³/mol. The lowest BCUT2D eigenvalue weighted by atomic mass is 10.2. The molecule has 0 radical (unpaired) electrons. The van der Waals surface area contributed by atoms with Gasteiger partial charge in [-0.2, -0.15) is 0 Å². The largest absolute Gasteiger partial charge is 0.291 e. The molecule has 2 aromatic carbocycles. The van der Waals surface area contributed by atoms with Crippen molar-refractivity contribution < 1.29 is 4.39 Å². The van der Waals surface area contributed by atoms with E-state index in [0.717, 1.165) is 0 Å². The van der Waals surface area contributed by atoms with E-state index in [9.17, 15) is 4.39 Å². The number of hydrogen-bond donors (Lipinski definition) is 0. The summed E-state index contributed by atoms with van der Waals surface area (Å²) < 4.78 is 15.9. The zero-order valence-electron chi connectivity index (χ0n) is 10.9. The van der Waals surface area contributed by atoms with Crippen LogP contribution in [0.4, 0.5) is 4.39 Å². The highest BCUT2D eigenvalue weighted by atomic mass is 35.5. The quantitative estimate of drug-likeness (QED) is 0.540. The molecule has 0 amide bonds. The maximum Gasteiger partial charge on any atom is 0.148 e. The van der Waals surface area contributed by atoms with Gasteiger partial charge in [-0.05, 0) is 37.3 Å². The summed E-state index contributed by atoms with van der Waals surface area (Å²) in [6.45, 7) is 1.78. The number of rotatable bonds is 2. The summed E-state index contributed by atoms with van der Waals surface area (Å²) in [5.74, 6) is 0.0706. The minimum absolute atomic E-state index is 0.317. The standard InChI is InChI=1S/C15H10Cl3FN2/c1-8(16)15-20-12-4-2-3-10(18)14(12)21(15)13-6-5-9(17)7-11(13)19/h2-8H,1H3. The number of halogens is 4. The molecule has 0 saturated carbocycles. The fourth-order valence-electron chi connectivity index (χ4n) is 2.28. The predicted octanol–water partition coefficient (Wildman–Crippen LogP) is 5.77. The molecule has 0 aliphatic heterocycles. The van der Waals surface area contributed by atoms with Gasteiger partial charge in [0, 0.05) is 5.02 Å². The third-order valence-corrected chi connectivity index (χ3v) is 3.89. The second-order valence-electron chi connectivity index (χ2n) is 4.62. The van der Waals surface area contributed by atoms with Crippen LogP contribution in [-0.2, 0) is 0 Å². The lowest BCUT2D eigenvalue weighted by Crippen LogP contribution is -2.04. The summed E-state index contributed by atoms with van der Waals surface area (Å²) in [4.78, 5) is 4.46. The van der Waals surface area contributed by atoms with Crippen molar-refractivity contribution >= 4 is 45.8 Å². The monoisotopic (exact) mass is 342 g/mol. The van der Waals surface area contributed by atoms with Crippen LogP contribution in [-0.4, -0.2) is 9.55 Å². The van der Waals surface area contributed by atoms with Crippen molar-refractivity contribution in [2.24, 2.45) is 0 Å². The molecule has 1 heterocycles. The van der Waals surface area contributed by atoms with Crippen molar-refractivity contribution in [3.63, 3.8) is 0 Å². The Bertz CT molecular complexity index is 827. The van der Waals surface area contributed by atoms with Crippen LogP contribution >= 0.6 is 34.8 Å². The van der Waals surface area contributed by atoms with Crippen LogP contribution in [0.15, 0.2) is 36.4 Å². The molecule has 1 aromatic heterocycles. The molecule has 1 atom stereocenters. The van der Waals surface area contributed by atoms with Crippen molar-refractivity contribution in [1.29, 1.82) is 0 Å². The molecule has 0 fully saturated rings. The van der Waals surface area contributed by atoms with E-state index in [2.05, 4.69) is 4.98 Å². The van der Waals surface area contributed by atoms with E-state index in [1.165, 1.54) is 6.07 Å². The van der Waals surface area contributed by atoms with E-state index in [1.807, 2.05) is 6.07 Å². The highest BCUT2D eigenvalue weighted by molar-refractivity contribution is 6.35. The van der Waals surface area contributed by atoms with Gasteiger partial charge in [0.2, 0.25) is 0 Å². The van der Waals surface area contributed by atoms with Gasteiger partial charge in [-0.15, -0.1) is 11.6 Å². The van der Waals surface area contributed by atoms with Gasteiger partial charge >= 0.3 is 0 Å². The van der Waals surface area contributed by atoms with Crippen LogP contribution in [0.2, 0.25) is 10.0 Å². The van der Waals surface area contributed by atoms with Crippen molar-refractivity contribution in [3.05, 3.63) is 58.1 Å². The Labute approximate surface area is 136 Å². The van der Waals surface area contributed by atoms with Gasteiger partial charge in [-0.1, -0.05) is 29.3 Å². The normalized spacial score (nSPS) is 12.8. The molecule has 108 valence electrons. The van der Waals surface area contributed by atoms with Gasteiger partial charge in [-0.25, -0.2) is 9.37 Å². The van der Waals surface area contributed by atoms with Gasteiger partial charge in [0.1, 0.15) is 11.6 Å². The molecule has 6 heteroatoms. The summed E-state index contributed by atoms with van der Waals surface area (Å²) in [6.07, 6.45) is 0. The van der Waals surface area contributed by atoms with E-state index < -0.39 is 11.2 Å². The topological polar surface area (TPSA) is 17.8 Å². The number of aromatic nitrogens is 2. The Morgan fingerprint density at radius 3 is 2.62 bits per heavy atom. The zero-order valence-corrected chi connectivity index (χ0v) is 13.2. The first-order valence-corrected chi connectivity index (χ1v) is 7.44. The third kappa shape index (κ3) is 2.50. The Morgan fingerprint density at radius 2 is 1.95 bits per heavy atom. The van der Waals surface area contributed by atoms with Gasteiger partial charge < -0.3 is 0 Å². The van der Waals surface area contributed by atoms with Crippen LogP contribution in [0, 0.1) is 5.82 Å². The number of nitrogens with zero attached hydrogens (tertiary/aromatic N) is 2. The maximum atomic E-state index is 14.3. The fourth-order valence-corrected chi connectivity index (χ4v) is 2.84. The highest BCUT2D eigenvalue weighted by Crippen LogP contribution is 2.33. The molecule has 0 aliphatic carbocycles. The van der Waals surface area contributed by atoms with Crippen molar-refractivity contribution in [2.45, 2.75) is 12.3 Å². The molecule has 0 saturated heterocycles. The molecular formula is C15H10Cl3FN2. The van der Waals surface area contributed by atoms with Gasteiger partial charge in [0.25, 0.3) is 0 Å². The van der Waals surface area contributed by atoms with Crippen LogP contribution in [0.25, 0.3) is 16.7 Å². The average Bonchev–Trinajstić information content (AvgIpc) is 2.80.